The van der Waals surface area contributed by atoms with Crippen molar-refractivity contribution < 1.29 is 14.3 Å². The monoisotopic (exact) mass is 465 g/mol. The van der Waals surface area contributed by atoms with E-state index in [4.69, 9.17) is 14.7 Å². The van der Waals surface area contributed by atoms with Crippen LogP contribution in [0.5, 0.6) is 0 Å². The van der Waals surface area contributed by atoms with Crippen LogP contribution in [-0.2, 0) is 16.1 Å². The van der Waals surface area contributed by atoms with Crippen LogP contribution >= 0.6 is 11.8 Å². The third-order valence-corrected chi connectivity index (χ3v) is 6.30. The number of benzene rings is 2. The standard InChI is InChI=1S/C24H27N5O3S/c1-16-7-8-19(17(2)13-16)26-24(31)28-22(30)15-33-23-18-5-3-4-6-20(18)25-21(27-23)14-29-9-11-32-12-10-29/h3-8,13H,9-12,14-15H2,1-2H3,(H2,26,28,30,31). The van der Waals surface area contributed by atoms with E-state index in [1.807, 2.05) is 56.3 Å². The highest BCUT2D eigenvalue weighted by Gasteiger charge is 2.16. The van der Waals surface area contributed by atoms with Crippen molar-refractivity contribution in [2.45, 2.75) is 25.4 Å². The zero-order chi connectivity index (χ0) is 23.2. The Morgan fingerprint density at radius 2 is 1.88 bits per heavy atom. The van der Waals surface area contributed by atoms with Gasteiger partial charge in [-0.15, -0.1) is 0 Å². The second kappa shape index (κ2) is 10.7. The largest absolute Gasteiger partial charge is 0.379 e. The van der Waals surface area contributed by atoms with Gasteiger partial charge >= 0.3 is 6.03 Å². The summed E-state index contributed by atoms with van der Waals surface area (Å²) in [6.07, 6.45) is 0. The lowest BCUT2D eigenvalue weighted by atomic mass is 10.1. The molecule has 8 nitrogen and oxygen atoms in total. The summed E-state index contributed by atoms with van der Waals surface area (Å²) in [4.78, 5) is 36.4. The van der Waals surface area contributed by atoms with E-state index < -0.39 is 6.03 Å². The van der Waals surface area contributed by atoms with Crippen molar-refractivity contribution in [2.24, 2.45) is 0 Å². The maximum Gasteiger partial charge on any atom is 0.325 e. The van der Waals surface area contributed by atoms with Crippen molar-refractivity contribution in [3.05, 3.63) is 59.4 Å². The molecule has 2 aromatic carbocycles. The van der Waals surface area contributed by atoms with Crippen LogP contribution in [0.3, 0.4) is 0 Å². The molecule has 1 fully saturated rings. The highest BCUT2D eigenvalue weighted by molar-refractivity contribution is 8.00. The molecule has 2 N–H and O–H groups in total. The third kappa shape index (κ3) is 6.28. The number of hydrogen-bond acceptors (Lipinski definition) is 7. The molecule has 2 heterocycles. The van der Waals surface area contributed by atoms with E-state index in [1.54, 1.807) is 0 Å². The van der Waals surface area contributed by atoms with Gasteiger partial charge in [0.25, 0.3) is 0 Å². The Bertz CT molecular complexity index is 1160. The Balaban J connectivity index is 1.40. The number of para-hydroxylation sites is 1. The fraction of sp³-hybridized carbons (Fsp3) is 0.333. The van der Waals surface area contributed by atoms with Crippen LogP contribution in [0, 0.1) is 13.8 Å². The molecular weight excluding hydrogens is 438 g/mol. The number of amides is 3. The van der Waals surface area contributed by atoms with Gasteiger partial charge in [-0.1, -0.05) is 47.7 Å². The number of urea groups is 1. The first-order valence-electron chi connectivity index (χ1n) is 10.8. The maximum absolute atomic E-state index is 12.4. The van der Waals surface area contributed by atoms with Crippen LogP contribution in [0.25, 0.3) is 10.9 Å². The number of nitrogens with zero attached hydrogens (tertiary/aromatic N) is 3. The highest BCUT2D eigenvalue weighted by atomic mass is 32.2. The number of carbonyl (C=O) groups excluding carboxylic acids is 2. The molecule has 3 aromatic rings. The average Bonchev–Trinajstić information content (AvgIpc) is 2.80. The number of fused-ring (bicyclic) bond motifs is 1. The second-order valence-electron chi connectivity index (χ2n) is 7.96. The molecule has 0 radical (unpaired) electrons. The molecular formula is C24H27N5O3S. The predicted molar refractivity (Wildman–Crippen MR) is 129 cm³/mol. The molecule has 172 valence electrons. The smallest absolute Gasteiger partial charge is 0.325 e. The van der Waals surface area contributed by atoms with E-state index >= 15 is 0 Å². The first-order valence-corrected chi connectivity index (χ1v) is 11.8. The van der Waals surface area contributed by atoms with Crippen molar-refractivity contribution in [1.29, 1.82) is 0 Å². The lowest BCUT2D eigenvalue weighted by Gasteiger charge is -2.25. The van der Waals surface area contributed by atoms with Crippen LogP contribution in [0.15, 0.2) is 47.5 Å². The molecule has 9 heteroatoms. The molecule has 1 saturated heterocycles. The van der Waals surface area contributed by atoms with Crippen LogP contribution in [0.2, 0.25) is 0 Å². The zero-order valence-corrected chi connectivity index (χ0v) is 19.6. The minimum atomic E-state index is -0.548. The molecule has 0 saturated carbocycles. The van der Waals surface area contributed by atoms with Gasteiger partial charge in [0, 0.05) is 24.2 Å². The summed E-state index contributed by atoms with van der Waals surface area (Å²) in [7, 11) is 0. The summed E-state index contributed by atoms with van der Waals surface area (Å²) in [5, 5.41) is 6.74. The lowest BCUT2D eigenvalue weighted by molar-refractivity contribution is -0.117. The molecule has 1 aliphatic rings. The Morgan fingerprint density at radius 1 is 1.09 bits per heavy atom. The fourth-order valence-corrected chi connectivity index (χ4v) is 4.48. The van der Waals surface area contributed by atoms with Gasteiger partial charge in [-0.25, -0.2) is 14.8 Å². The Hall–Kier alpha value is -3.01. The number of thioether (sulfide) groups is 1. The molecule has 0 unspecified atom stereocenters. The first-order chi connectivity index (χ1) is 16.0. The summed E-state index contributed by atoms with van der Waals surface area (Å²) in [6, 6.07) is 12.9. The molecule has 0 aliphatic carbocycles. The fourth-order valence-electron chi connectivity index (χ4n) is 3.64. The van der Waals surface area contributed by atoms with Gasteiger partial charge in [0.1, 0.15) is 10.9 Å². The number of anilines is 1. The quantitative estimate of drug-likeness (QED) is 0.425. The minimum Gasteiger partial charge on any atom is -0.379 e. The van der Waals surface area contributed by atoms with Gasteiger partial charge in [0.05, 0.1) is 31.0 Å². The van der Waals surface area contributed by atoms with Gasteiger partial charge in [-0.2, -0.15) is 0 Å². The van der Waals surface area contributed by atoms with Crippen molar-refractivity contribution in [2.75, 3.05) is 37.4 Å². The van der Waals surface area contributed by atoms with Gasteiger partial charge in [0.2, 0.25) is 5.91 Å². The van der Waals surface area contributed by atoms with Crippen molar-refractivity contribution in [3.63, 3.8) is 0 Å². The normalized spacial score (nSPS) is 14.2. The number of ether oxygens (including phenoxy) is 1. The van der Waals surface area contributed by atoms with Gasteiger partial charge in [-0.3, -0.25) is 15.0 Å². The van der Waals surface area contributed by atoms with Gasteiger partial charge < -0.3 is 10.1 Å². The summed E-state index contributed by atoms with van der Waals surface area (Å²) >= 11 is 1.30. The van der Waals surface area contributed by atoms with Crippen LogP contribution in [-0.4, -0.2) is 58.9 Å². The molecule has 1 aliphatic heterocycles. The van der Waals surface area contributed by atoms with Gasteiger partial charge in [-0.05, 0) is 31.5 Å². The number of imide groups is 1. The number of aryl methyl sites for hydroxylation is 2. The van der Waals surface area contributed by atoms with Crippen molar-refractivity contribution in [3.8, 4) is 0 Å². The average molecular weight is 466 g/mol. The molecule has 33 heavy (non-hydrogen) atoms. The summed E-state index contributed by atoms with van der Waals surface area (Å²) in [5.74, 6) is 0.393. The van der Waals surface area contributed by atoms with Crippen LogP contribution < -0.4 is 10.6 Å². The molecule has 3 amide bonds. The van der Waals surface area contributed by atoms with E-state index in [2.05, 4.69) is 15.5 Å². The lowest BCUT2D eigenvalue weighted by Crippen LogP contribution is -2.36. The summed E-state index contributed by atoms with van der Waals surface area (Å²) in [5.41, 5.74) is 3.56. The zero-order valence-electron chi connectivity index (χ0n) is 18.8. The maximum atomic E-state index is 12.4. The highest BCUT2D eigenvalue weighted by Crippen LogP contribution is 2.25. The van der Waals surface area contributed by atoms with E-state index in [0.29, 0.717) is 31.3 Å². The Labute approximate surface area is 197 Å². The molecule has 0 bridgehead atoms. The van der Waals surface area contributed by atoms with Crippen molar-refractivity contribution in [1.82, 2.24) is 20.2 Å². The number of hydrogen-bond donors (Lipinski definition) is 2. The molecule has 0 spiro atoms. The van der Waals surface area contributed by atoms with Gasteiger partial charge in [0.15, 0.2) is 0 Å². The second-order valence-corrected chi connectivity index (χ2v) is 8.92. The number of aromatic nitrogens is 2. The van der Waals surface area contributed by atoms with E-state index in [9.17, 15) is 9.59 Å². The van der Waals surface area contributed by atoms with Crippen molar-refractivity contribution >= 4 is 40.3 Å². The number of morpholine rings is 1. The SMILES string of the molecule is Cc1ccc(NC(=O)NC(=O)CSc2nc(CN3CCOCC3)nc3ccccc23)c(C)c1. The number of rotatable bonds is 6. The van der Waals surface area contributed by atoms with Crippen LogP contribution in [0.4, 0.5) is 10.5 Å². The summed E-state index contributed by atoms with van der Waals surface area (Å²) < 4.78 is 5.41. The topological polar surface area (TPSA) is 96.5 Å². The Kier molecular flexibility index (Phi) is 7.54. The van der Waals surface area contributed by atoms with Crippen LogP contribution in [0.1, 0.15) is 17.0 Å². The molecule has 0 atom stereocenters. The third-order valence-electron chi connectivity index (χ3n) is 5.31. The Morgan fingerprint density at radius 3 is 2.67 bits per heavy atom. The minimum absolute atomic E-state index is 0.0678. The van der Waals surface area contributed by atoms with E-state index in [1.165, 1.54) is 11.8 Å². The summed E-state index contributed by atoms with van der Waals surface area (Å²) in [6.45, 7) is 7.63. The number of carbonyl (C=O) groups is 2. The van der Waals surface area contributed by atoms with E-state index in [0.717, 1.165) is 40.1 Å². The first kappa shape index (κ1) is 23.2. The molecule has 4 rings (SSSR count). The predicted octanol–water partition coefficient (Wildman–Crippen LogP) is 3.52. The number of nitrogens with one attached hydrogen (secondary N) is 2. The molecule has 1 aromatic heterocycles. The van der Waals surface area contributed by atoms with E-state index in [-0.39, 0.29) is 11.7 Å².